The van der Waals surface area contributed by atoms with Crippen LogP contribution in [0.2, 0.25) is 0 Å². The molecule has 1 aromatic heterocycles. The van der Waals surface area contributed by atoms with Gasteiger partial charge >= 0.3 is 6.03 Å². The number of hydrogen-bond donors (Lipinski definition) is 2. The first-order chi connectivity index (χ1) is 11.5. The van der Waals surface area contributed by atoms with Crippen molar-refractivity contribution in [3.05, 3.63) is 53.5 Å². The van der Waals surface area contributed by atoms with Gasteiger partial charge in [0.1, 0.15) is 5.76 Å². The van der Waals surface area contributed by atoms with E-state index in [1.54, 1.807) is 24.3 Å². The van der Waals surface area contributed by atoms with Crippen LogP contribution >= 0.6 is 0 Å². The molecule has 0 saturated carbocycles. The van der Waals surface area contributed by atoms with E-state index in [9.17, 15) is 9.59 Å². The molecule has 2 heterocycles. The van der Waals surface area contributed by atoms with Crippen molar-refractivity contribution in [3.8, 4) is 0 Å². The number of carbonyl (C=O) groups is 2. The zero-order valence-corrected chi connectivity index (χ0v) is 13.8. The number of aryl methyl sites for hydroxylation is 1. The Kier molecular flexibility index (Phi) is 4.55. The predicted molar refractivity (Wildman–Crippen MR) is 90.5 cm³/mol. The summed E-state index contributed by atoms with van der Waals surface area (Å²) < 4.78 is 5.26. The van der Waals surface area contributed by atoms with Crippen LogP contribution in [0.1, 0.15) is 36.3 Å². The average Bonchev–Trinajstić information content (AvgIpc) is 3.07. The van der Waals surface area contributed by atoms with Gasteiger partial charge in [-0.1, -0.05) is 12.1 Å². The lowest BCUT2D eigenvalue weighted by molar-refractivity contribution is -0.116. The lowest BCUT2D eigenvalue weighted by Gasteiger charge is -2.23. The van der Waals surface area contributed by atoms with E-state index in [0.29, 0.717) is 13.0 Å². The summed E-state index contributed by atoms with van der Waals surface area (Å²) in [5.74, 6) is 0.793. The minimum atomic E-state index is -0.162. The molecule has 0 radical (unpaired) electrons. The van der Waals surface area contributed by atoms with Gasteiger partial charge in [0, 0.05) is 19.2 Å². The van der Waals surface area contributed by atoms with Gasteiger partial charge in [0.2, 0.25) is 5.91 Å². The first-order valence-electron chi connectivity index (χ1n) is 7.99. The Morgan fingerprint density at radius 1 is 1.38 bits per heavy atom. The molecule has 2 N–H and O–H groups in total. The summed E-state index contributed by atoms with van der Waals surface area (Å²) in [5, 5.41) is 5.85. The number of urea groups is 1. The van der Waals surface area contributed by atoms with Crippen molar-refractivity contribution in [2.45, 2.75) is 32.4 Å². The third-order valence-corrected chi connectivity index (χ3v) is 4.18. The minimum Gasteiger partial charge on any atom is -0.467 e. The van der Waals surface area contributed by atoms with Gasteiger partial charge in [-0.3, -0.25) is 4.79 Å². The number of anilines is 1. The second-order valence-corrected chi connectivity index (χ2v) is 6.07. The molecular formula is C18H21N3O3. The normalized spacial score (nSPS) is 14.5. The summed E-state index contributed by atoms with van der Waals surface area (Å²) in [7, 11) is 1.73. The van der Waals surface area contributed by atoms with Crippen LogP contribution < -0.4 is 10.6 Å². The fourth-order valence-corrected chi connectivity index (χ4v) is 2.76. The van der Waals surface area contributed by atoms with Crippen molar-refractivity contribution in [2.24, 2.45) is 0 Å². The molecule has 1 aromatic carbocycles. The SMILES string of the molecule is C[C@@H](NC(=O)N(C)Cc1ccco1)c1ccc2c(c1)CCC(=O)N2. The molecule has 3 rings (SSSR count). The third-order valence-electron chi connectivity index (χ3n) is 4.18. The number of hydrogen-bond acceptors (Lipinski definition) is 3. The van der Waals surface area contributed by atoms with E-state index >= 15 is 0 Å². The van der Waals surface area contributed by atoms with Gasteiger partial charge in [0.25, 0.3) is 0 Å². The van der Waals surface area contributed by atoms with Crippen molar-refractivity contribution >= 4 is 17.6 Å². The number of rotatable bonds is 4. The van der Waals surface area contributed by atoms with Crippen molar-refractivity contribution in [2.75, 3.05) is 12.4 Å². The van der Waals surface area contributed by atoms with E-state index in [0.717, 1.165) is 29.0 Å². The fraction of sp³-hybridized carbons (Fsp3) is 0.333. The highest BCUT2D eigenvalue weighted by atomic mass is 16.3. The Hall–Kier alpha value is -2.76. The summed E-state index contributed by atoms with van der Waals surface area (Å²) in [4.78, 5) is 25.3. The van der Waals surface area contributed by atoms with Crippen LogP contribution in [0.25, 0.3) is 0 Å². The lowest BCUT2D eigenvalue weighted by atomic mass is 9.98. The zero-order valence-electron chi connectivity index (χ0n) is 13.8. The third kappa shape index (κ3) is 3.59. The molecule has 6 nitrogen and oxygen atoms in total. The van der Waals surface area contributed by atoms with Crippen molar-refractivity contribution in [3.63, 3.8) is 0 Å². The molecule has 2 aromatic rings. The first-order valence-corrected chi connectivity index (χ1v) is 7.99. The number of furan rings is 1. The average molecular weight is 327 g/mol. The number of nitrogens with one attached hydrogen (secondary N) is 2. The molecule has 0 spiro atoms. The van der Waals surface area contributed by atoms with Crippen LogP contribution in [0.15, 0.2) is 41.0 Å². The van der Waals surface area contributed by atoms with Gasteiger partial charge in [0.15, 0.2) is 0 Å². The molecule has 0 saturated heterocycles. The van der Waals surface area contributed by atoms with Crippen LogP contribution in [0.5, 0.6) is 0 Å². The van der Waals surface area contributed by atoms with E-state index in [2.05, 4.69) is 10.6 Å². The number of benzene rings is 1. The molecule has 3 amide bonds. The van der Waals surface area contributed by atoms with Crippen molar-refractivity contribution in [1.82, 2.24) is 10.2 Å². The van der Waals surface area contributed by atoms with E-state index < -0.39 is 0 Å². The second-order valence-electron chi connectivity index (χ2n) is 6.07. The van der Waals surface area contributed by atoms with Gasteiger partial charge in [0.05, 0.1) is 18.8 Å². The molecule has 6 heteroatoms. The topological polar surface area (TPSA) is 74.6 Å². The smallest absolute Gasteiger partial charge is 0.318 e. The van der Waals surface area contributed by atoms with Crippen LogP contribution in [0, 0.1) is 0 Å². The monoisotopic (exact) mass is 327 g/mol. The van der Waals surface area contributed by atoms with E-state index in [-0.39, 0.29) is 18.0 Å². The number of amides is 3. The highest BCUT2D eigenvalue weighted by molar-refractivity contribution is 5.93. The summed E-state index contributed by atoms with van der Waals surface area (Å²) in [5.41, 5.74) is 2.99. The Morgan fingerprint density at radius 3 is 2.96 bits per heavy atom. The van der Waals surface area contributed by atoms with Crippen LogP contribution in [-0.4, -0.2) is 23.9 Å². The molecule has 1 aliphatic rings. The maximum absolute atomic E-state index is 12.3. The largest absolute Gasteiger partial charge is 0.467 e. The maximum Gasteiger partial charge on any atom is 0.318 e. The molecule has 1 aliphatic heterocycles. The Balaban J connectivity index is 1.63. The number of fused-ring (bicyclic) bond motifs is 1. The molecule has 1 atom stereocenters. The molecule has 0 bridgehead atoms. The number of carbonyl (C=O) groups excluding carboxylic acids is 2. The quantitative estimate of drug-likeness (QED) is 0.906. The van der Waals surface area contributed by atoms with Crippen molar-refractivity contribution < 1.29 is 14.0 Å². The summed E-state index contributed by atoms with van der Waals surface area (Å²) >= 11 is 0. The molecule has 24 heavy (non-hydrogen) atoms. The van der Waals surface area contributed by atoms with Crippen molar-refractivity contribution in [1.29, 1.82) is 0 Å². The lowest BCUT2D eigenvalue weighted by Crippen LogP contribution is -2.38. The van der Waals surface area contributed by atoms with Gasteiger partial charge < -0.3 is 20.0 Å². The van der Waals surface area contributed by atoms with Gasteiger partial charge in [-0.05, 0) is 42.7 Å². The van der Waals surface area contributed by atoms with E-state index in [4.69, 9.17) is 4.42 Å². The summed E-state index contributed by atoms with van der Waals surface area (Å²) in [6.07, 6.45) is 2.83. The summed E-state index contributed by atoms with van der Waals surface area (Å²) in [6.45, 7) is 2.36. The number of nitrogens with zero attached hydrogens (tertiary/aromatic N) is 1. The molecule has 126 valence electrons. The minimum absolute atomic E-state index is 0.0520. The Labute approximate surface area is 140 Å². The standard InChI is InChI=1S/C18H21N3O3/c1-12(19-18(23)21(2)11-15-4-3-9-24-15)13-5-7-16-14(10-13)6-8-17(22)20-16/h3-5,7,9-10,12H,6,8,11H2,1-2H3,(H,19,23)(H,20,22)/t12-/m1/s1. The van der Waals surface area contributed by atoms with Gasteiger partial charge in [-0.2, -0.15) is 0 Å². The highest BCUT2D eigenvalue weighted by Gasteiger charge is 2.18. The maximum atomic E-state index is 12.3. The first kappa shape index (κ1) is 16.1. The predicted octanol–water partition coefficient (Wildman–Crippen LogP) is 3.07. The molecule has 0 unspecified atom stereocenters. The van der Waals surface area contributed by atoms with E-state index in [1.807, 2.05) is 31.2 Å². The van der Waals surface area contributed by atoms with Gasteiger partial charge in [-0.25, -0.2) is 4.79 Å². The molecular weight excluding hydrogens is 306 g/mol. The molecule has 0 fully saturated rings. The van der Waals surface area contributed by atoms with Crippen LogP contribution in [-0.2, 0) is 17.8 Å². The van der Waals surface area contributed by atoms with Crippen LogP contribution in [0.4, 0.5) is 10.5 Å². The van der Waals surface area contributed by atoms with Gasteiger partial charge in [-0.15, -0.1) is 0 Å². The van der Waals surface area contributed by atoms with E-state index in [1.165, 1.54) is 0 Å². The second kappa shape index (κ2) is 6.78. The van der Waals surface area contributed by atoms with Crippen LogP contribution in [0.3, 0.4) is 0 Å². The zero-order chi connectivity index (χ0) is 17.1. The molecule has 0 aliphatic carbocycles. The fourth-order valence-electron chi connectivity index (χ4n) is 2.76. The highest BCUT2D eigenvalue weighted by Crippen LogP contribution is 2.26. The Morgan fingerprint density at radius 2 is 2.21 bits per heavy atom. The Bertz CT molecular complexity index is 740. The summed E-state index contributed by atoms with van der Waals surface area (Å²) in [6, 6.07) is 9.23.